The Hall–Kier alpha value is -3.08. The van der Waals surface area contributed by atoms with E-state index in [-0.39, 0.29) is 0 Å². The van der Waals surface area contributed by atoms with Crippen molar-refractivity contribution in [3.05, 3.63) is 71.8 Å². The molecule has 0 atom stereocenters. The Bertz CT molecular complexity index is 1340. The van der Waals surface area contributed by atoms with Gasteiger partial charge in [-0.2, -0.15) is 0 Å². The third-order valence-corrected chi connectivity index (χ3v) is 8.99. The molecular weight excluding hydrogens is 468 g/mol. The maximum atomic E-state index is 11.9. The van der Waals surface area contributed by atoms with Crippen LogP contribution in [0.1, 0.15) is 50.7 Å². The Labute approximate surface area is 226 Å². The van der Waals surface area contributed by atoms with Gasteiger partial charge in [-0.25, -0.2) is 0 Å². The van der Waals surface area contributed by atoms with Gasteiger partial charge < -0.3 is 10.2 Å². The number of phenolic OH excluding ortho intramolecular Hbond substituents is 2. The lowest BCUT2D eigenvalue weighted by molar-refractivity contribution is 0.183. The molecule has 0 bridgehead atoms. The normalized spacial score (nSPS) is 18.5. The minimum absolute atomic E-state index is 0.298. The van der Waals surface area contributed by atoms with Crippen molar-refractivity contribution in [2.24, 2.45) is 11.8 Å². The second kappa shape index (κ2) is 10.6. The summed E-state index contributed by atoms with van der Waals surface area (Å²) in [6.45, 7) is 10.3. The molecule has 2 N–H and O–H groups in total. The monoisotopic (exact) mass is 508 g/mol. The largest absolute Gasteiger partial charge is 0.507 e. The zero-order valence-corrected chi connectivity index (χ0v) is 22.8. The van der Waals surface area contributed by atoms with Crippen molar-refractivity contribution in [3.63, 3.8) is 0 Å². The number of aromatic hydroxyl groups is 2. The van der Waals surface area contributed by atoms with Crippen LogP contribution in [0.15, 0.2) is 60.7 Å². The number of hydrogen-bond donors (Lipinski definition) is 2. The highest BCUT2D eigenvalue weighted by Crippen LogP contribution is 2.48. The maximum absolute atomic E-state index is 11.9. The lowest BCUT2D eigenvalue weighted by Crippen LogP contribution is -2.32. The molecule has 4 aromatic carbocycles. The van der Waals surface area contributed by atoms with Crippen LogP contribution in [0.3, 0.4) is 0 Å². The molecule has 198 valence electrons. The SMILES string of the molecule is CC1CCN(Cc2cc3ccccc3c(-c3c(O)c(CN4CCC(C)CC4)cc4ccccc34)c2O)CC1. The first kappa shape index (κ1) is 25.2. The quantitative estimate of drug-likeness (QED) is 0.292. The second-order valence-electron chi connectivity index (χ2n) is 11.9. The molecule has 0 unspecified atom stereocenters. The molecule has 0 spiro atoms. The molecule has 0 aliphatic carbocycles. The van der Waals surface area contributed by atoms with Crippen LogP contribution in [0.5, 0.6) is 11.5 Å². The van der Waals surface area contributed by atoms with Crippen LogP contribution in [-0.2, 0) is 13.1 Å². The molecule has 2 saturated heterocycles. The number of phenols is 2. The molecule has 2 aliphatic heterocycles. The summed E-state index contributed by atoms with van der Waals surface area (Å²) < 4.78 is 0. The average molecular weight is 509 g/mol. The van der Waals surface area contributed by atoms with E-state index in [0.29, 0.717) is 11.5 Å². The molecular formula is C34H40N2O2. The van der Waals surface area contributed by atoms with Crippen molar-refractivity contribution in [3.8, 4) is 22.6 Å². The van der Waals surface area contributed by atoms with Gasteiger partial charge in [-0.1, -0.05) is 62.4 Å². The van der Waals surface area contributed by atoms with Crippen molar-refractivity contribution in [2.45, 2.75) is 52.6 Å². The van der Waals surface area contributed by atoms with Gasteiger partial charge in [0.1, 0.15) is 11.5 Å². The highest BCUT2D eigenvalue weighted by Gasteiger charge is 2.25. The van der Waals surface area contributed by atoms with E-state index in [4.69, 9.17) is 0 Å². The van der Waals surface area contributed by atoms with E-state index in [1.54, 1.807) is 0 Å². The number of likely N-dealkylation sites (tertiary alicyclic amines) is 2. The van der Waals surface area contributed by atoms with E-state index in [1.165, 1.54) is 25.7 Å². The average Bonchev–Trinajstić information content (AvgIpc) is 2.93. The Morgan fingerprint density at radius 3 is 1.37 bits per heavy atom. The summed E-state index contributed by atoms with van der Waals surface area (Å²) in [5.41, 5.74) is 3.39. The Morgan fingerprint density at radius 2 is 0.974 bits per heavy atom. The fourth-order valence-electron chi connectivity index (χ4n) is 6.46. The molecule has 2 aliphatic rings. The van der Waals surface area contributed by atoms with Gasteiger partial charge in [0.25, 0.3) is 0 Å². The first-order valence-electron chi connectivity index (χ1n) is 14.4. The number of piperidine rings is 2. The van der Waals surface area contributed by atoms with E-state index in [1.807, 2.05) is 12.1 Å². The van der Waals surface area contributed by atoms with Crippen molar-refractivity contribution in [1.29, 1.82) is 0 Å². The number of rotatable bonds is 5. The topological polar surface area (TPSA) is 46.9 Å². The van der Waals surface area contributed by atoms with Crippen molar-refractivity contribution < 1.29 is 10.2 Å². The van der Waals surface area contributed by atoms with Gasteiger partial charge >= 0.3 is 0 Å². The van der Waals surface area contributed by atoms with Gasteiger partial charge in [0.05, 0.1) is 0 Å². The van der Waals surface area contributed by atoms with E-state index < -0.39 is 0 Å². The van der Waals surface area contributed by atoms with Crippen LogP contribution < -0.4 is 0 Å². The van der Waals surface area contributed by atoms with Gasteiger partial charge in [-0.15, -0.1) is 0 Å². The lowest BCUT2D eigenvalue weighted by atomic mass is 9.88. The predicted molar refractivity (Wildman–Crippen MR) is 158 cm³/mol. The van der Waals surface area contributed by atoms with Gasteiger partial charge in [0, 0.05) is 35.3 Å². The number of nitrogens with zero attached hydrogens (tertiary/aromatic N) is 2. The second-order valence-corrected chi connectivity index (χ2v) is 11.9. The summed E-state index contributed by atoms with van der Waals surface area (Å²) >= 11 is 0. The molecule has 4 aromatic rings. The first-order chi connectivity index (χ1) is 18.5. The van der Waals surface area contributed by atoms with Crippen molar-refractivity contribution in [2.75, 3.05) is 26.2 Å². The number of benzene rings is 4. The van der Waals surface area contributed by atoms with Crippen LogP contribution in [0.2, 0.25) is 0 Å². The summed E-state index contributed by atoms with van der Waals surface area (Å²) in [7, 11) is 0. The summed E-state index contributed by atoms with van der Waals surface area (Å²) in [4.78, 5) is 4.92. The summed E-state index contributed by atoms with van der Waals surface area (Å²) in [6, 6.07) is 20.8. The summed E-state index contributed by atoms with van der Waals surface area (Å²) in [6.07, 6.45) is 4.79. The molecule has 0 aromatic heterocycles. The zero-order valence-electron chi connectivity index (χ0n) is 22.8. The molecule has 0 radical (unpaired) electrons. The van der Waals surface area contributed by atoms with Crippen LogP contribution in [0.25, 0.3) is 32.7 Å². The van der Waals surface area contributed by atoms with Gasteiger partial charge in [-0.05, 0) is 97.4 Å². The fraction of sp³-hybridized carbons (Fsp3) is 0.412. The van der Waals surface area contributed by atoms with E-state index in [9.17, 15) is 10.2 Å². The van der Waals surface area contributed by atoms with Gasteiger partial charge in [-0.3, -0.25) is 9.80 Å². The Balaban J connectivity index is 1.50. The summed E-state index contributed by atoms with van der Waals surface area (Å²) in [5, 5.41) is 27.9. The molecule has 6 rings (SSSR count). The van der Waals surface area contributed by atoms with E-state index >= 15 is 0 Å². The van der Waals surface area contributed by atoms with Crippen LogP contribution in [0.4, 0.5) is 0 Å². The number of fused-ring (bicyclic) bond motifs is 2. The maximum Gasteiger partial charge on any atom is 0.128 e. The number of hydrogen-bond acceptors (Lipinski definition) is 4. The van der Waals surface area contributed by atoms with Crippen LogP contribution in [-0.4, -0.2) is 46.2 Å². The van der Waals surface area contributed by atoms with Gasteiger partial charge in [0.2, 0.25) is 0 Å². The molecule has 2 fully saturated rings. The molecule has 4 heteroatoms. The fourth-order valence-corrected chi connectivity index (χ4v) is 6.46. The van der Waals surface area contributed by atoms with E-state index in [2.05, 4.69) is 72.2 Å². The standard InChI is InChI=1S/C34H40N2O2/c1-23-11-15-35(16-12-23)21-27-19-25-7-3-5-9-29(25)31(33(27)37)32-30-10-6-4-8-26(30)20-28(34(32)38)22-36-17-13-24(2)14-18-36/h3-10,19-20,23-24,37-38H,11-18,21-22H2,1-2H3. The summed E-state index contributed by atoms with van der Waals surface area (Å²) in [5.74, 6) is 2.13. The minimum atomic E-state index is 0.298. The molecule has 4 nitrogen and oxygen atoms in total. The molecule has 38 heavy (non-hydrogen) atoms. The first-order valence-corrected chi connectivity index (χ1v) is 14.4. The molecule has 2 heterocycles. The van der Waals surface area contributed by atoms with Crippen LogP contribution in [0, 0.1) is 11.8 Å². The predicted octanol–water partition coefficient (Wildman–Crippen LogP) is 7.54. The third kappa shape index (κ3) is 4.88. The Kier molecular flexibility index (Phi) is 7.03. The van der Waals surface area contributed by atoms with Crippen LogP contribution >= 0.6 is 0 Å². The molecule has 0 amide bonds. The zero-order chi connectivity index (χ0) is 26.2. The highest BCUT2D eigenvalue weighted by molar-refractivity contribution is 6.10. The van der Waals surface area contributed by atoms with Crippen molar-refractivity contribution >= 4 is 21.5 Å². The van der Waals surface area contributed by atoms with E-state index in [0.717, 1.165) is 94.9 Å². The third-order valence-electron chi connectivity index (χ3n) is 8.99. The highest BCUT2D eigenvalue weighted by atomic mass is 16.3. The smallest absolute Gasteiger partial charge is 0.128 e. The molecule has 0 saturated carbocycles. The minimum Gasteiger partial charge on any atom is -0.507 e. The Morgan fingerprint density at radius 1 is 0.605 bits per heavy atom. The lowest BCUT2D eigenvalue weighted by Gasteiger charge is -2.31. The van der Waals surface area contributed by atoms with Gasteiger partial charge in [0.15, 0.2) is 0 Å². The van der Waals surface area contributed by atoms with Crippen molar-refractivity contribution in [1.82, 2.24) is 9.80 Å².